The lowest BCUT2D eigenvalue weighted by Crippen LogP contribution is -2.22. The first-order valence-electron chi connectivity index (χ1n) is 8.88. The fourth-order valence-electron chi connectivity index (χ4n) is 2.83. The van der Waals surface area contributed by atoms with Gasteiger partial charge < -0.3 is 10.6 Å². The van der Waals surface area contributed by atoms with E-state index in [9.17, 15) is 4.39 Å². The lowest BCUT2D eigenvalue weighted by Gasteiger charge is -2.20. The second-order valence-electron chi connectivity index (χ2n) is 6.69. The van der Waals surface area contributed by atoms with Crippen molar-refractivity contribution in [2.24, 2.45) is 21.9 Å². The van der Waals surface area contributed by atoms with Gasteiger partial charge in [-0.05, 0) is 56.7 Å². The number of aryl methyl sites for hydroxylation is 1. The zero-order valence-corrected chi connectivity index (χ0v) is 14.6. The molecule has 1 aliphatic heterocycles. The van der Waals surface area contributed by atoms with E-state index < -0.39 is 0 Å². The molecule has 1 unspecified atom stereocenters. The van der Waals surface area contributed by atoms with Gasteiger partial charge in [-0.2, -0.15) is 5.10 Å². The summed E-state index contributed by atoms with van der Waals surface area (Å²) in [5, 5.41) is 3.84. The summed E-state index contributed by atoms with van der Waals surface area (Å²) in [5.41, 5.74) is 2.44. The molecule has 1 aromatic carbocycles. The average molecular weight is 341 g/mol. The number of ether oxygens (including phenoxy) is 1. The van der Waals surface area contributed by atoms with Crippen molar-refractivity contribution in [1.82, 2.24) is 0 Å². The van der Waals surface area contributed by atoms with Crippen LogP contribution in [0, 0.1) is 30.5 Å². The van der Waals surface area contributed by atoms with Crippen molar-refractivity contribution in [2.45, 2.75) is 45.1 Å². The van der Waals surface area contributed by atoms with E-state index in [0.29, 0.717) is 23.7 Å². The number of hydrogen-bond donors (Lipinski definition) is 1. The van der Waals surface area contributed by atoms with Crippen LogP contribution >= 0.6 is 0 Å². The Bertz CT molecular complexity index is 735. The van der Waals surface area contributed by atoms with Crippen LogP contribution in [0.1, 0.15) is 48.8 Å². The fraction of sp³-hybridized carbons (Fsp3) is 0.500. The van der Waals surface area contributed by atoms with Crippen molar-refractivity contribution < 1.29 is 9.13 Å². The first kappa shape index (κ1) is 17.6. The molecule has 5 heteroatoms. The molecule has 0 bridgehead atoms. The summed E-state index contributed by atoms with van der Waals surface area (Å²) in [4.78, 5) is 4.43. The average Bonchev–Trinajstić information content (AvgIpc) is 3.44. The SMILES string of the molecule is Cc1cc(F)c(C#CC2CC2)cc1/C(C=NCC1CCCCO1)=N/N. The van der Waals surface area contributed by atoms with Crippen LogP contribution in [0.3, 0.4) is 0 Å². The summed E-state index contributed by atoms with van der Waals surface area (Å²) in [6, 6.07) is 3.20. The van der Waals surface area contributed by atoms with Crippen LogP contribution in [0.25, 0.3) is 0 Å². The molecule has 0 radical (unpaired) electrons. The van der Waals surface area contributed by atoms with Crippen LogP contribution in [-0.2, 0) is 4.74 Å². The highest BCUT2D eigenvalue weighted by Crippen LogP contribution is 2.28. The maximum absolute atomic E-state index is 14.1. The first-order valence-corrected chi connectivity index (χ1v) is 8.88. The van der Waals surface area contributed by atoms with Gasteiger partial charge >= 0.3 is 0 Å². The van der Waals surface area contributed by atoms with Crippen molar-refractivity contribution in [3.05, 3.63) is 34.6 Å². The monoisotopic (exact) mass is 341 g/mol. The Morgan fingerprint density at radius 1 is 1.36 bits per heavy atom. The van der Waals surface area contributed by atoms with E-state index in [1.807, 2.05) is 6.92 Å². The molecule has 4 nitrogen and oxygen atoms in total. The molecule has 2 aliphatic rings. The second-order valence-corrected chi connectivity index (χ2v) is 6.69. The normalized spacial score (nSPS) is 21.2. The highest BCUT2D eigenvalue weighted by atomic mass is 19.1. The third-order valence-corrected chi connectivity index (χ3v) is 4.51. The van der Waals surface area contributed by atoms with Gasteiger partial charge in [-0.3, -0.25) is 4.99 Å². The Kier molecular flexibility index (Phi) is 5.83. The molecule has 0 aromatic heterocycles. The number of benzene rings is 1. The Hall–Kier alpha value is -2.19. The van der Waals surface area contributed by atoms with Crippen LogP contribution in [0.15, 0.2) is 22.2 Å². The lowest BCUT2D eigenvalue weighted by atomic mass is 10.0. The van der Waals surface area contributed by atoms with Gasteiger partial charge in [0.05, 0.1) is 18.2 Å². The maximum Gasteiger partial charge on any atom is 0.139 e. The predicted molar refractivity (Wildman–Crippen MR) is 98.4 cm³/mol. The molecule has 1 heterocycles. The van der Waals surface area contributed by atoms with Crippen molar-refractivity contribution in [2.75, 3.05) is 13.2 Å². The highest BCUT2D eigenvalue weighted by molar-refractivity contribution is 6.38. The van der Waals surface area contributed by atoms with Gasteiger partial charge in [0.1, 0.15) is 11.5 Å². The van der Waals surface area contributed by atoms with Crippen LogP contribution in [0.4, 0.5) is 4.39 Å². The predicted octanol–water partition coefficient (Wildman–Crippen LogP) is 3.20. The molecule has 0 spiro atoms. The van der Waals surface area contributed by atoms with Gasteiger partial charge in [-0.1, -0.05) is 11.8 Å². The third-order valence-electron chi connectivity index (χ3n) is 4.51. The lowest BCUT2D eigenvalue weighted by molar-refractivity contribution is 0.0226. The second kappa shape index (κ2) is 8.26. The number of hydrazone groups is 1. The number of nitrogens with zero attached hydrogens (tertiary/aromatic N) is 2. The minimum Gasteiger partial charge on any atom is -0.376 e. The summed E-state index contributed by atoms with van der Waals surface area (Å²) in [6.45, 7) is 3.23. The Morgan fingerprint density at radius 3 is 2.88 bits per heavy atom. The maximum atomic E-state index is 14.1. The molecule has 1 saturated heterocycles. The van der Waals surface area contributed by atoms with Crippen LogP contribution in [0.2, 0.25) is 0 Å². The van der Waals surface area contributed by atoms with Crippen molar-refractivity contribution in [3.63, 3.8) is 0 Å². The number of hydrogen-bond acceptors (Lipinski definition) is 4. The van der Waals surface area contributed by atoms with Gasteiger partial charge in [0, 0.05) is 24.3 Å². The van der Waals surface area contributed by atoms with E-state index in [2.05, 4.69) is 21.9 Å². The quantitative estimate of drug-likeness (QED) is 0.396. The highest BCUT2D eigenvalue weighted by Gasteiger charge is 2.18. The van der Waals surface area contributed by atoms with E-state index in [0.717, 1.165) is 43.4 Å². The topological polar surface area (TPSA) is 60.0 Å². The molecular weight excluding hydrogens is 317 g/mol. The van der Waals surface area contributed by atoms with Gasteiger partial charge in [0.25, 0.3) is 0 Å². The summed E-state index contributed by atoms with van der Waals surface area (Å²) < 4.78 is 19.8. The number of nitrogens with two attached hydrogens (primary N) is 1. The molecule has 1 atom stereocenters. The fourth-order valence-corrected chi connectivity index (χ4v) is 2.83. The molecular formula is C20H24FN3O. The molecule has 0 amide bonds. The van der Waals surface area contributed by atoms with E-state index in [4.69, 9.17) is 10.6 Å². The van der Waals surface area contributed by atoms with Gasteiger partial charge in [0.15, 0.2) is 0 Å². The molecule has 1 aliphatic carbocycles. The van der Waals surface area contributed by atoms with E-state index in [-0.39, 0.29) is 11.9 Å². The largest absolute Gasteiger partial charge is 0.376 e. The number of halogens is 1. The summed E-state index contributed by atoms with van der Waals surface area (Å²) in [5.74, 6) is 11.7. The Morgan fingerprint density at radius 2 is 2.20 bits per heavy atom. The molecule has 3 rings (SSSR count). The number of aliphatic imine (C=N–C) groups is 1. The van der Waals surface area contributed by atoms with Crippen molar-refractivity contribution in [1.29, 1.82) is 0 Å². The van der Waals surface area contributed by atoms with Gasteiger partial charge in [-0.25, -0.2) is 4.39 Å². The van der Waals surface area contributed by atoms with Crippen molar-refractivity contribution >= 4 is 11.9 Å². The number of rotatable bonds is 4. The molecule has 25 heavy (non-hydrogen) atoms. The standard InChI is InChI=1S/C20H24FN3O/c1-14-10-19(21)16(8-7-15-5-6-15)11-18(14)20(24-22)13-23-12-17-4-2-3-9-25-17/h10-11,13,15,17H,2-6,9,12,22H2,1H3/b23-13?,24-20+. The first-order chi connectivity index (χ1) is 12.2. The molecule has 2 N–H and O–H groups in total. The Balaban J connectivity index is 1.75. The summed E-state index contributed by atoms with van der Waals surface area (Å²) in [7, 11) is 0. The van der Waals surface area contributed by atoms with Crippen molar-refractivity contribution in [3.8, 4) is 11.8 Å². The molecule has 2 fully saturated rings. The Labute approximate surface area is 148 Å². The van der Waals surface area contributed by atoms with Crippen LogP contribution < -0.4 is 5.84 Å². The van der Waals surface area contributed by atoms with E-state index in [1.165, 1.54) is 12.5 Å². The van der Waals surface area contributed by atoms with Gasteiger partial charge in [0.2, 0.25) is 0 Å². The molecule has 1 saturated carbocycles. The zero-order chi connectivity index (χ0) is 17.6. The van der Waals surface area contributed by atoms with Crippen LogP contribution in [-0.4, -0.2) is 31.2 Å². The summed E-state index contributed by atoms with van der Waals surface area (Å²) in [6.07, 6.45) is 7.36. The van der Waals surface area contributed by atoms with E-state index >= 15 is 0 Å². The zero-order valence-electron chi connectivity index (χ0n) is 14.6. The smallest absolute Gasteiger partial charge is 0.139 e. The van der Waals surface area contributed by atoms with Gasteiger partial charge in [-0.15, -0.1) is 0 Å². The van der Waals surface area contributed by atoms with Crippen LogP contribution in [0.5, 0.6) is 0 Å². The minimum atomic E-state index is -0.307. The minimum absolute atomic E-state index is 0.165. The molecule has 132 valence electrons. The third kappa shape index (κ3) is 4.90. The van der Waals surface area contributed by atoms with E-state index in [1.54, 1.807) is 12.3 Å². The molecule has 1 aromatic rings. The summed E-state index contributed by atoms with van der Waals surface area (Å²) >= 11 is 0.